The van der Waals surface area contributed by atoms with Gasteiger partial charge in [-0.1, -0.05) is 47.0 Å². The van der Waals surface area contributed by atoms with E-state index in [4.69, 9.17) is 0 Å². The van der Waals surface area contributed by atoms with Gasteiger partial charge in [-0.25, -0.2) is 0 Å². The molecule has 3 heteroatoms. The molecule has 1 aromatic rings. The molecule has 0 atom stereocenters. The van der Waals surface area contributed by atoms with Gasteiger partial charge in [0, 0.05) is 24.1 Å². The molecular weight excluding hydrogens is 300 g/mol. The molecule has 0 unspecified atom stereocenters. The Labute approximate surface area is 125 Å². The first-order valence-corrected chi connectivity index (χ1v) is 8.01. The van der Waals surface area contributed by atoms with E-state index >= 15 is 0 Å². The molecule has 0 aliphatic heterocycles. The fraction of sp³-hybridized carbons (Fsp3) is 0.625. The molecule has 0 spiro atoms. The molecule has 2 rings (SSSR count). The van der Waals surface area contributed by atoms with Crippen molar-refractivity contribution < 1.29 is 0 Å². The lowest BCUT2D eigenvalue weighted by atomic mass is 9.85. The van der Waals surface area contributed by atoms with Crippen LogP contribution in [-0.4, -0.2) is 32.1 Å². The Kier molecular flexibility index (Phi) is 5.43. The lowest BCUT2D eigenvalue weighted by molar-refractivity contribution is 0.170. The molecule has 0 aromatic heterocycles. The van der Waals surface area contributed by atoms with Gasteiger partial charge in [0.05, 0.1) is 0 Å². The van der Waals surface area contributed by atoms with Crippen molar-refractivity contribution in [2.75, 3.05) is 27.2 Å². The second-order valence-electron chi connectivity index (χ2n) is 6.00. The third kappa shape index (κ3) is 4.04. The van der Waals surface area contributed by atoms with Gasteiger partial charge in [-0.05, 0) is 44.0 Å². The number of halogens is 1. The summed E-state index contributed by atoms with van der Waals surface area (Å²) >= 11 is 3.64. The first-order valence-electron chi connectivity index (χ1n) is 7.22. The summed E-state index contributed by atoms with van der Waals surface area (Å²) < 4.78 is 1.22. The van der Waals surface area contributed by atoms with E-state index in [-0.39, 0.29) is 0 Å². The molecule has 0 radical (unpaired) electrons. The Balaban J connectivity index is 1.96. The molecule has 0 saturated heterocycles. The number of nitrogens with one attached hydrogen (secondary N) is 1. The lowest BCUT2D eigenvalue weighted by Gasteiger charge is -2.33. The van der Waals surface area contributed by atoms with Gasteiger partial charge in [0.1, 0.15) is 0 Å². The van der Waals surface area contributed by atoms with Crippen LogP contribution in [0.2, 0.25) is 0 Å². The minimum atomic E-state index is 0.491. The summed E-state index contributed by atoms with van der Waals surface area (Å²) in [7, 11) is 4.32. The average Bonchev–Trinajstić information content (AvgIpc) is 2.81. The van der Waals surface area contributed by atoms with Crippen molar-refractivity contribution in [3.63, 3.8) is 0 Å². The van der Waals surface area contributed by atoms with E-state index in [0.717, 1.165) is 13.1 Å². The van der Waals surface area contributed by atoms with Gasteiger partial charge < -0.3 is 10.2 Å². The maximum absolute atomic E-state index is 3.64. The largest absolute Gasteiger partial charge is 0.319 e. The molecule has 106 valence electrons. The van der Waals surface area contributed by atoms with Gasteiger partial charge in [0.2, 0.25) is 0 Å². The highest BCUT2D eigenvalue weighted by Gasteiger charge is 2.34. The van der Waals surface area contributed by atoms with E-state index in [1.807, 2.05) is 0 Å². The second-order valence-corrected chi connectivity index (χ2v) is 6.86. The normalized spacial score (nSPS) is 18.1. The highest BCUT2D eigenvalue weighted by atomic mass is 79.9. The van der Waals surface area contributed by atoms with E-state index in [1.54, 1.807) is 0 Å². The van der Waals surface area contributed by atoms with Crippen LogP contribution in [0, 0.1) is 5.41 Å². The Hall–Kier alpha value is -0.380. The minimum absolute atomic E-state index is 0.491. The smallest absolute Gasteiger partial charge is 0.0242 e. The molecule has 1 aliphatic carbocycles. The Morgan fingerprint density at radius 2 is 1.95 bits per heavy atom. The van der Waals surface area contributed by atoms with Crippen LogP contribution in [0.25, 0.3) is 0 Å². The van der Waals surface area contributed by atoms with Crippen LogP contribution in [-0.2, 0) is 6.54 Å². The molecule has 0 amide bonds. The fourth-order valence-electron chi connectivity index (χ4n) is 3.44. The maximum Gasteiger partial charge on any atom is 0.0242 e. The summed E-state index contributed by atoms with van der Waals surface area (Å²) in [5.74, 6) is 0. The SMILES string of the molecule is CNCC1(CN(C)Cc2ccccc2Br)CCCC1. The molecule has 0 bridgehead atoms. The Bertz CT molecular complexity index is 399. The van der Waals surface area contributed by atoms with Crippen molar-refractivity contribution in [3.8, 4) is 0 Å². The molecule has 1 aromatic carbocycles. The van der Waals surface area contributed by atoms with Crippen LogP contribution in [0.5, 0.6) is 0 Å². The summed E-state index contributed by atoms with van der Waals surface area (Å²) in [4.78, 5) is 2.47. The van der Waals surface area contributed by atoms with Crippen molar-refractivity contribution >= 4 is 15.9 Å². The van der Waals surface area contributed by atoms with Crippen molar-refractivity contribution in [2.45, 2.75) is 32.2 Å². The van der Waals surface area contributed by atoms with Gasteiger partial charge in [-0.2, -0.15) is 0 Å². The average molecular weight is 325 g/mol. The zero-order chi connectivity index (χ0) is 13.7. The minimum Gasteiger partial charge on any atom is -0.319 e. The number of rotatable bonds is 6. The molecule has 2 nitrogen and oxygen atoms in total. The van der Waals surface area contributed by atoms with Gasteiger partial charge in [0.25, 0.3) is 0 Å². The monoisotopic (exact) mass is 324 g/mol. The van der Waals surface area contributed by atoms with Crippen LogP contribution < -0.4 is 5.32 Å². The predicted molar refractivity (Wildman–Crippen MR) is 85.3 cm³/mol. The van der Waals surface area contributed by atoms with E-state index < -0.39 is 0 Å². The van der Waals surface area contributed by atoms with Crippen LogP contribution in [0.4, 0.5) is 0 Å². The standard InChI is InChI=1S/C16H25BrN2/c1-18-12-16(9-5-6-10-16)13-19(2)11-14-7-3-4-8-15(14)17/h3-4,7-8,18H,5-6,9-13H2,1-2H3. The van der Waals surface area contributed by atoms with Crippen molar-refractivity contribution in [1.82, 2.24) is 10.2 Å². The predicted octanol–water partition coefficient (Wildman–Crippen LogP) is 3.66. The van der Waals surface area contributed by atoms with E-state index in [0.29, 0.717) is 5.41 Å². The zero-order valence-electron chi connectivity index (χ0n) is 12.1. The van der Waals surface area contributed by atoms with Crippen LogP contribution in [0.3, 0.4) is 0 Å². The van der Waals surface area contributed by atoms with Crippen molar-refractivity contribution in [1.29, 1.82) is 0 Å². The molecule has 19 heavy (non-hydrogen) atoms. The lowest BCUT2D eigenvalue weighted by Crippen LogP contribution is -2.40. The molecule has 1 fully saturated rings. The Morgan fingerprint density at radius 3 is 2.58 bits per heavy atom. The van der Waals surface area contributed by atoms with Crippen LogP contribution >= 0.6 is 15.9 Å². The highest BCUT2D eigenvalue weighted by Crippen LogP contribution is 2.38. The summed E-state index contributed by atoms with van der Waals surface area (Å²) in [6.07, 6.45) is 5.53. The molecular formula is C16H25BrN2. The third-order valence-electron chi connectivity index (χ3n) is 4.22. The first kappa shape index (κ1) is 15.0. The number of nitrogens with zero attached hydrogens (tertiary/aromatic N) is 1. The Morgan fingerprint density at radius 1 is 1.26 bits per heavy atom. The molecule has 1 N–H and O–H groups in total. The molecule has 0 heterocycles. The van der Waals surface area contributed by atoms with Crippen LogP contribution in [0.1, 0.15) is 31.2 Å². The zero-order valence-corrected chi connectivity index (χ0v) is 13.7. The van der Waals surface area contributed by atoms with Crippen molar-refractivity contribution in [2.24, 2.45) is 5.41 Å². The quantitative estimate of drug-likeness (QED) is 0.859. The summed E-state index contributed by atoms with van der Waals surface area (Å²) in [5, 5.41) is 3.40. The fourth-order valence-corrected chi connectivity index (χ4v) is 3.85. The van der Waals surface area contributed by atoms with Gasteiger partial charge in [-0.15, -0.1) is 0 Å². The number of hydrogen-bond acceptors (Lipinski definition) is 2. The van der Waals surface area contributed by atoms with E-state index in [9.17, 15) is 0 Å². The number of benzene rings is 1. The van der Waals surface area contributed by atoms with E-state index in [1.165, 1.54) is 42.3 Å². The van der Waals surface area contributed by atoms with E-state index in [2.05, 4.69) is 64.5 Å². The van der Waals surface area contributed by atoms with Gasteiger partial charge >= 0.3 is 0 Å². The van der Waals surface area contributed by atoms with Gasteiger partial charge in [-0.3, -0.25) is 0 Å². The van der Waals surface area contributed by atoms with Crippen LogP contribution in [0.15, 0.2) is 28.7 Å². The summed E-state index contributed by atoms with van der Waals surface area (Å²) in [5.41, 5.74) is 1.87. The van der Waals surface area contributed by atoms with Crippen molar-refractivity contribution in [3.05, 3.63) is 34.3 Å². The topological polar surface area (TPSA) is 15.3 Å². The van der Waals surface area contributed by atoms with Gasteiger partial charge in [0.15, 0.2) is 0 Å². The third-order valence-corrected chi connectivity index (χ3v) is 4.99. The molecule has 1 aliphatic rings. The highest BCUT2D eigenvalue weighted by molar-refractivity contribution is 9.10. The molecule has 1 saturated carbocycles. The second kappa shape index (κ2) is 6.87. The number of hydrogen-bond donors (Lipinski definition) is 1. The maximum atomic E-state index is 3.64. The summed E-state index contributed by atoms with van der Waals surface area (Å²) in [6, 6.07) is 8.53. The summed E-state index contributed by atoms with van der Waals surface area (Å²) in [6.45, 7) is 3.36. The first-order chi connectivity index (χ1) is 9.15.